The summed E-state index contributed by atoms with van der Waals surface area (Å²) in [6.07, 6.45) is 2.34. The second-order valence-corrected chi connectivity index (χ2v) is 6.43. The Morgan fingerprint density at radius 2 is 2.18 bits per heavy atom. The van der Waals surface area contributed by atoms with E-state index in [1.54, 1.807) is 6.07 Å². The normalized spacial score (nSPS) is 14.6. The van der Waals surface area contributed by atoms with Gasteiger partial charge >= 0.3 is 0 Å². The Bertz CT molecular complexity index is 815. The molecule has 3 aromatic rings. The van der Waals surface area contributed by atoms with Crippen LogP contribution in [-0.2, 0) is 0 Å². The molecule has 0 unspecified atom stereocenters. The maximum absolute atomic E-state index is 12.3. The summed E-state index contributed by atoms with van der Waals surface area (Å²) in [6.45, 7) is 1.95. The lowest BCUT2D eigenvalue weighted by atomic mass is 10.2. The molecule has 0 spiro atoms. The van der Waals surface area contributed by atoms with Gasteiger partial charge in [-0.1, -0.05) is 30.0 Å². The van der Waals surface area contributed by atoms with Gasteiger partial charge in [-0.05, 0) is 31.9 Å². The van der Waals surface area contributed by atoms with Gasteiger partial charge in [-0.3, -0.25) is 4.79 Å². The first-order chi connectivity index (χ1) is 10.7. The van der Waals surface area contributed by atoms with Crippen molar-refractivity contribution >= 4 is 28.5 Å². The van der Waals surface area contributed by atoms with Crippen LogP contribution in [0.3, 0.4) is 0 Å². The van der Waals surface area contributed by atoms with Crippen LogP contribution in [0, 0.1) is 6.92 Å². The Labute approximate surface area is 131 Å². The Hall–Kier alpha value is -2.08. The van der Waals surface area contributed by atoms with E-state index in [0.717, 1.165) is 22.0 Å². The number of Topliss-reactive ketones (excluding diaryl/α,β-unsaturated/α-hetero) is 1. The van der Waals surface area contributed by atoms with Crippen LogP contribution in [0.15, 0.2) is 39.9 Å². The van der Waals surface area contributed by atoms with Gasteiger partial charge in [0.05, 0.1) is 5.75 Å². The first-order valence-electron chi connectivity index (χ1n) is 7.28. The van der Waals surface area contributed by atoms with Crippen molar-refractivity contribution in [1.29, 1.82) is 0 Å². The number of carbonyl (C=O) groups is 1. The van der Waals surface area contributed by atoms with Crippen molar-refractivity contribution in [2.24, 2.45) is 0 Å². The minimum atomic E-state index is -0.0239. The standard InChI is InChI=1S/C16H15N3O2S/c1-10-17-18-16(19(10)12-6-7-12)22-9-13(20)15-8-11-4-2-3-5-14(11)21-15/h2-5,8,12H,6-7,9H2,1H3. The number of rotatable bonds is 5. The van der Waals surface area contributed by atoms with Crippen LogP contribution < -0.4 is 0 Å². The highest BCUT2D eigenvalue weighted by atomic mass is 32.2. The van der Waals surface area contributed by atoms with Crippen molar-refractivity contribution < 1.29 is 9.21 Å². The lowest BCUT2D eigenvalue weighted by molar-refractivity contribution is 0.0994. The number of aryl methyl sites for hydroxylation is 1. The minimum absolute atomic E-state index is 0.0239. The van der Waals surface area contributed by atoms with Gasteiger partial charge < -0.3 is 8.98 Å². The van der Waals surface area contributed by atoms with Crippen LogP contribution >= 0.6 is 11.8 Å². The zero-order chi connectivity index (χ0) is 15.1. The summed E-state index contributed by atoms with van der Waals surface area (Å²) in [5, 5.41) is 10.1. The number of benzene rings is 1. The second-order valence-electron chi connectivity index (χ2n) is 5.49. The lowest BCUT2D eigenvalue weighted by Crippen LogP contribution is -2.04. The largest absolute Gasteiger partial charge is 0.453 e. The van der Waals surface area contributed by atoms with Crippen molar-refractivity contribution in [3.05, 3.63) is 41.9 Å². The predicted molar refractivity (Wildman–Crippen MR) is 84.3 cm³/mol. The van der Waals surface area contributed by atoms with Crippen LogP contribution in [0.1, 0.15) is 35.3 Å². The highest BCUT2D eigenvalue weighted by Crippen LogP contribution is 2.38. The highest BCUT2D eigenvalue weighted by Gasteiger charge is 2.28. The molecule has 0 atom stereocenters. The van der Waals surface area contributed by atoms with Crippen LogP contribution in [0.25, 0.3) is 11.0 Å². The number of hydrogen-bond acceptors (Lipinski definition) is 5. The molecule has 4 rings (SSSR count). The third-order valence-electron chi connectivity index (χ3n) is 3.78. The number of thioether (sulfide) groups is 1. The quantitative estimate of drug-likeness (QED) is 0.531. The summed E-state index contributed by atoms with van der Waals surface area (Å²) in [6, 6.07) is 9.95. The summed E-state index contributed by atoms with van der Waals surface area (Å²) in [7, 11) is 0. The first kappa shape index (κ1) is 13.6. The summed E-state index contributed by atoms with van der Waals surface area (Å²) < 4.78 is 7.74. The number of hydrogen-bond donors (Lipinski definition) is 0. The number of aromatic nitrogens is 3. The van der Waals surface area contributed by atoms with Gasteiger partial charge in [0.15, 0.2) is 10.9 Å². The number of ketones is 1. The SMILES string of the molecule is Cc1nnc(SCC(=O)c2cc3ccccc3o2)n1C1CC1. The van der Waals surface area contributed by atoms with Crippen molar-refractivity contribution in [3.8, 4) is 0 Å². The zero-order valence-electron chi connectivity index (χ0n) is 12.2. The third kappa shape index (κ3) is 2.43. The molecule has 22 heavy (non-hydrogen) atoms. The van der Waals surface area contributed by atoms with E-state index in [1.807, 2.05) is 31.2 Å². The lowest BCUT2D eigenvalue weighted by Gasteiger charge is -2.05. The highest BCUT2D eigenvalue weighted by molar-refractivity contribution is 7.99. The average Bonchev–Trinajstić information content (AvgIpc) is 3.15. The van der Waals surface area contributed by atoms with E-state index < -0.39 is 0 Å². The molecule has 5 nitrogen and oxygen atoms in total. The smallest absolute Gasteiger partial charge is 0.208 e. The molecule has 0 radical (unpaired) electrons. The van der Waals surface area contributed by atoms with Gasteiger partial charge in [0.2, 0.25) is 5.78 Å². The van der Waals surface area contributed by atoms with Gasteiger partial charge in [-0.2, -0.15) is 0 Å². The Morgan fingerprint density at radius 1 is 1.36 bits per heavy atom. The predicted octanol–water partition coefficient (Wildman–Crippen LogP) is 3.64. The fourth-order valence-electron chi connectivity index (χ4n) is 2.52. The maximum Gasteiger partial charge on any atom is 0.208 e. The Morgan fingerprint density at radius 3 is 2.95 bits per heavy atom. The summed E-state index contributed by atoms with van der Waals surface area (Å²) in [5.74, 6) is 1.61. The molecule has 0 amide bonds. The van der Waals surface area contributed by atoms with Crippen molar-refractivity contribution in [1.82, 2.24) is 14.8 Å². The topological polar surface area (TPSA) is 60.9 Å². The number of carbonyl (C=O) groups excluding carboxylic acids is 1. The van der Waals surface area contributed by atoms with E-state index in [9.17, 15) is 4.79 Å². The molecule has 1 saturated carbocycles. The van der Waals surface area contributed by atoms with E-state index in [2.05, 4.69) is 14.8 Å². The molecule has 6 heteroatoms. The van der Waals surface area contributed by atoms with Gasteiger partial charge in [0, 0.05) is 11.4 Å². The molecule has 1 aliphatic rings. The second kappa shape index (κ2) is 5.28. The molecule has 1 aromatic carbocycles. The zero-order valence-corrected chi connectivity index (χ0v) is 13.0. The van der Waals surface area contributed by atoms with E-state index in [4.69, 9.17) is 4.42 Å². The summed E-state index contributed by atoms with van der Waals surface area (Å²) >= 11 is 1.43. The molecule has 0 saturated heterocycles. The van der Waals surface area contributed by atoms with E-state index in [-0.39, 0.29) is 5.78 Å². The average molecular weight is 313 g/mol. The number of nitrogens with zero attached hydrogens (tertiary/aromatic N) is 3. The monoisotopic (exact) mass is 313 g/mol. The van der Waals surface area contributed by atoms with Crippen molar-refractivity contribution in [3.63, 3.8) is 0 Å². The molecule has 112 valence electrons. The fraction of sp³-hybridized carbons (Fsp3) is 0.312. The van der Waals surface area contributed by atoms with Gasteiger partial charge in [0.25, 0.3) is 0 Å². The molecule has 0 aliphatic heterocycles. The summed E-state index contributed by atoms with van der Waals surface area (Å²) in [5.41, 5.74) is 0.743. The van der Waals surface area contributed by atoms with Crippen LogP contribution in [0.5, 0.6) is 0 Å². The summed E-state index contributed by atoms with van der Waals surface area (Å²) in [4.78, 5) is 12.3. The van der Waals surface area contributed by atoms with Crippen LogP contribution in [0.2, 0.25) is 0 Å². The van der Waals surface area contributed by atoms with Gasteiger partial charge in [-0.15, -0.1) is 10.2 Å². The van der Waals surface area contributed by atoms with Crippen molar-refractivity contribution in [2.75, 3.05) is 5.75 Å². The molecule has 2 aromatic heterocycles. The minimum Gasteiger partial charge on any atom is -0.453 e. The fourth-order valence-corrected chi connectivity index (χ4v) is 3.44. The van der Waals surface area contributed by atoms with E-state index in [1.165, 1.54) is 24.6 Å². The molecule has 1 aliphatic carbocycles. The van der Waals surface area contributed by atoms with Gasteiger partial charge in [-0.25, -0.2) is 0 Å². The Balaban J connectivity index is 1.50. The van der Waals surface area contributed by atoms with Crippen molar-refractivity contribution in [2.45, 2.75) is 31.0 Å². The number of para-hydroxylation sites is 1. The van der Waals surface area contributed by atoms with Crippen LogP contribution in [-0.4, -0.2) is 26.3 Å². The Kier molecular flexibility index (Phi) is 3.26. The molecule has 0 bridgehead atoms. The molecular formula is C16H15N3O2S. The molecule has 0 N–H and O–H groups in total. The molecular weight excluding hydrogens is 298 g/mol. The molecule has 1 fully saturated rings. The van der Waals surface area contributed by atoms with E-state index in [0.29, 0.717) is 17.6 Å². The van der Waals surface area contributed by atoms with Crippen LogP contribution in [0.4, 0.5) is 0 Å². The maximum atomic E-state index is 12.3. The third-order valence-corrected chi connectivity index (χ3v) is 4.72. The number of fused-ring (bicyclic) bond motifs is 1. The first-order valence-corrected chi connectivity index (χ1v) is 8.27. The molecule has 2 heterocycles. The van der Waals surface area contributed by atoms with E-state index >= 15 is 0 Å². The van der Waals surface area contributed by atoms with Gasteiger partial charge in [0.1, 0.15) is 11.4 Å². The number of furan rings is 1.